The Labute approximate surface area is 117 Å². The van der Waals surface area contributed by atoms with Crippen LogP contribution in [0.2, 0.25) is 0 Å². The highest BCUT2D eigenvalue weighted by Gasteiger charge is 2.31. The van der Waals surface area contributed by atoms with E-state index in [0.717, 1.165) is 6.42 Å². The summed E-state index contributed by atoms with van der Waals surface area (Å²) in [4.78, 5) is 4.96. The van der Waals surface area contributed by atoms with Crippen molar-refractivity contribution in [3.05, 3.63) is 11.6 Å². The molecule has 1 N–H and O–H groups in total. The van der Waals surface area contributed by atoms with Gasteiger partial charge in [-0.05, 0) is 13.3 Å². The van der Waals surface area contributed by atoms with Gasteiger partial charge in [0.25, 0.3) is 10.0 Å². The Morgan fingerprint density at radius 3 is 2.84 bits per heavy atom. The van der Waals surface area contributed by atoms with Crippen molar-refractivity contribution in [2.75, 3.05) is 19.4 Å². The monoisotopic (exact) mass is 302 g/mol. The van der Waals surface area contributed by atoms with Crippen molar-refractivity contribution in [3.63, 3.8) is 0 Å². The quantitative estimate of drug-likeness (QED) is 0.915. The number of imidazole rings is 1. The zero-order valence-corrected chi connectivity index (χ0v) is 13.0. The maximum Gasteiger partial charge on any atom is 0.262 e. The molecule has 0 fully saturated rings. The fraction of sp³-hybridized carbons (Fsp3) is 0.545. The van der Waals surface area contributed by atoms with Crippen LogP contribution in [0.3, 0.4) is 0 Å². The van der Waals surface area contributed by atoms with E-state index < -0.39 is 10.0 Å². The zero-order chi connectivity index (χ0) is 14.2. The third kappa shape index (κ3) is 2.24. The summed E-state index contributed by atoms with van der Waals surface area (Å²) in [5.41, 5.74) is 0. The van der Waals surface area contributed by atoms with Crippen molar-refractivity contribution in [2.45, 2.75) is 31.3 Å². The summed E-state index contributed by atoms with van der Waals surface area (Å²) in [5, 5.41) is 4.88. The Hall–Kier alpha value is -1.12. The van der Waals surface area contributed by atoms with E-state index in [-0.39, 0.29) is 11.1 Å². The SMILES string of the molecule is CCC(C)N(C)S(=O)(=O)c1c(NC)nc2sccn12. The number of nitrogens with zero attached hydrogens (tertiary/aromatic N) is 3. The topological polar surface area (TPSA) is 66.7 Å². The van der Waals surface area contributed by atoms with Crippen molar-refractivity contribution in [1.29, 1.82) is 0 Å². The standard InChI is InChI=1S/C11H18N4O2S2/c1-5-8(2)14(4)19(16,17)10-9(12-3)13-11-15(10)6-7-18-11/h6-8,12H,5H2,1-4H3. The number of sulfonamides is 1. The van der Waals surface area contributed by atoms with Gasteiger partial charge in [0.05, 0.1) is 0 Å². The Bertz CT molecular complexity index is 674. The summed E-state index contributed by atoms with van der Waals surface area (Å²) in [6.45, 7) is 3.86. The van der Waals surface area contributed by atoms with E-state index in [1.807, 2.05) is 19.2 Å². The molecule has 0 saturated heterocycles. The molecule has 2 rings (SSSR count). The van der Waals surface area contributed by atoms with E-state index >= 15 is 0 Å². The molecule has 1 unspecified atom stereocenters. The first-order valence-corrected chi connectivity index (χ1v) is 8.36. The molecule has 0 aliphatic heterocycles. The van der Waals surface area contributed by atoms with Gasteiger partial charge < -0.3 is 5.32 Å². The molecule has 6 nitrogen and oxygen atoms in total. The number of nitrogens with one attached hydrogen (secondary N) is 1. The van der Waals surface area contributed by atoms with Crippen LogP contribution in [0.5, 0.6) is 0 Å². The summed E-state index contributed by atoms with van der Waals surface area (Å²) in [6.07, 6.45) is 2.49. The van der Waals surface area contributed by atoms with Gasteiger partial charge in [-0.2, -0.15) is 4.31 Å². The number of fused-ring (bicyclic) bond motifs is 1. The predicted octanol–water partition coefficient (Wildman–Crippen LogP) is 1.86. The second kappa shape index (κ2) is 5.10. The molecular weight excluding hydrogens is 284 g/mol. The van der Waals surface area contributed by atoms with Gasteiger partial charge in [-0.3, -0.25) is 4.40 Å². The molecule has 0 radical (unpaired) electrons. The molecule has 0 saturated carbocycles. The smallest absolute Gasteiger partial charge is 0.262 e. The molecule has 0 aliphatic carbocycles. The lowest BCUT2D eigenvalue weighted by Gasteiger charge is -2.23. The van der Waals surface area contributed by atoms with Crippen LogP contribution in [0.1, 0.15) is 20.3 Å². The Morgan fingerprint density at radius 2 is 2.26 bits per heavy atom. The average Bonchev–Trinajstić information content (AvgIpc) is 2.95. The van der Waals surface area contributed by atoms with E-state index in [1.54, 1.807) is 24.7 Å². The number of rotatable bonds is 5. The molecule has 1 atom stereocenters. The minimum atomic E-state index is -3.57. The van der Waals surface area contributed by atoms with Gasteiger partial charge in [0.2, 0.25) is 0 Å². The second-order valence-electron chi connectivity index (χ2n) is 4.35. The molecule has 2 aromatic rings. The molecule has 0 aliphatic rings. The van der Waals surface area contributed by atoms with Crippen LogP contribution in [0.15, 0.2) is 16.6 Å². The number of hydrogen-bond acceptors (Lipinski definition) is 5. The first kappa shape index (κ1) is 14.3. The summed E-state index contributed by atoms with van der Waals surface area (Å²) in [5.74, 6) is 0.391. The van der Waals surface area contributed by atoms with E-state index in [9.17, 15) is 8.42 Å². The number of hydrogen-bond donors (Lipinski definition) is 1. The van der Waals surface area contributed by atoms with Crippen LogP contribution in [0, 0.1) is 0 Å². The highest BCUT2D eigenvalue weighted by atomic mass is 32.2. The number of anilines is 1. The van der Waals surface area contributed by atoms with Crippen LogP contribution in [-0.2, 0) is 10.0 Å². The first-order chi connectivity index (χ1) is 8.93. The summed E-state index contributed by atoms with van der Waals surface area (Å²) < 4.78 is 28.4. The van der Waals surface area contributed by atoms with Crippen LogP contribution < -0.4 is 5.32 Å². The molecule has 19 heavy (non-hydrogen) atoms. The minimum absolute atomic E-state index is 0.0566. The normalized spacial score (nSPS) is 14.2. The maximum absolute atomic E-state index is 12.7. The molecule has 0 aromatic carbocycles. The Kier molecular flexibility index (Phi) is 3.84. The fourth-order valence-corrected chi connectivity index (χ4v) is 4.26. The van der Waals surface area contributed by atoms with Crippen LogP contribution >= 0.6 is 11.3 Å². The van der Waals surface area contributed by atoms with Crippen molar-refractivity contribution >= 4 is 32.1 Å². The predicted molar refractivity (Wildman–Crippen MR) is 77.3 cm³/mol. The third-order valence-electron chi connectivity index (χ3n) is 3.29. The van der Waals surface area contributed by atoms with E-state index in [0.29, 0.717) is 10.8 Å². The third-order valence-corrected chi connectivity index (χ3v) is 6.04. The van der Waals surface area contributed by atoms with Crippen molar-refractivity contribution in [2.24, 2.45) is 0 Å². The minimum Gasteiger partial charge on any atom is -0.371 e. The molecular formula is C11H18N4O2S2. The number of aromatic nitrogens is 2. The first-order valence-electron chi connectivity index (χ1n) is 6.04. The molecule has 106 valence electrons. The van der Waals surface area contributed by atoms with Crippen molar-refractivity contribution < 1.29 is 8.42 Å². The molecule has 0 amide bonds. The molecule has 0 spiro atoms. The van der Waals surface area contributed by atoms with Gasteiger partial charge >= 0.3 is 0 Å². The van der Waals surface area contributed by atoms with Crippen molar-refractivity contribution in [1.82, 2.24) is 13.7 Å². The van der Waals surface area contributed by atoms with E-state index in [4.69, 9.17) is 0 Å². The van der Waals surface area contributed by atoms with Gasteiger partial charge in [0.1, 0.15) is 0 Å². The summed E-state index contributed by atoms with van der Waals surface area (Å²) in [7, 11) is -0.287. The lowest BCUT2D eigenvalue weighted by Crippen LogP contribution is -2.35. The van der Waals surface area contributed by atoms with E-state index in [1.165, 1.54) is 15.6 Å². The maximum atomic E-state index is 12.7. The molecule has 2 aromatic heterocycles. The summed E-state index contributed by atoms with van der Waals surface area (Å²) >= 11 is 1.41. The van der Waals surface area contributed by atoms with Gasteiger partial charge in [0.15, 0.2) is 15.8 Å². The van der Waals surface area contributed by atoms with Gasteiger partial charge in [0, 0.05) is 31.7 Å². The lowest BCUT2D eigenvalue weighted by molar-refractivity contribution is 0.379. The Balaban J connectivity index is 2.62. The van der Waals surface area contributed by atoms with Gasteiger partial charge in [-0.15, -0.1) is 11.3 Å². The largest absolute Gasteiger partial charge is 0.371 e. The van der Waals surface area contributed by atoms with Crippen molar-refractivity contribution in [3.8, 4) is 0 Å². The Morgan fingerprint density at radius 1 is 1.58 bits per heavy atom. The fourth-order valence-electron chi connectivity index (χ4n) is 1.80. The highest BCUT2D eigenvalue weighted by Crippen LogP contribution is 2.28. The van der Waals surface area contributed by atoms with Crippen LogP contribution in [0.25, 0.3) is 4.96 Å². The van der Waals surface area contributed by atoms with Gasteiger partial charge in [-0.25, -0.2) is 13.4 Å². The van der Waals surface area contributed by atoms with E-state index in [2.05, 4.69) is 10.3 Å². The summed E-state index contributed by atoms with van der Waals surface area (Å²) in [6, 6.07) is -0.0566. The lowest BCUT2D eigenvalue weighted by atomic mass is 10.3. The average molecular weight is 302 g/mol. The molecule has 0 bridgehead atoms. The zero-order valence-electron chi connectivity index (χ0n) is 11.4. The van der Waals surface area contributed by atoms with Crippen LogP contribution in [-0.4, -0.2) is 42.2 Å². The second-order valence-corrected chi connectivity index (χ2v) is 7.14. The van der Waals surface area contributed by atoms with Crippen LogP contribution in [0.4, 0.5) is 5.82 Å². The molecule has 2 heterocycles. The molecule has 8 heteroatoms. The highest BCUT2D eigenvalue weighted by molar-refractivity contribution is 7.89. The number of thiazole rings is 1. The van der Waals surface area contributed by atoms with Gasteiger partial charge in [-0.1, -0.05) is 6.92 Å².